The molecule has 1 N–H and O–H groups in total. The van der Waals surface area contributed by atoms with Crippen molar-refractivity contribution in [2.75, 3.05) is 12.4 Å². The average Bonchev–Trinajstić information content (AvgIpc) is 2.59. The van der Waals surface area contributed by atoms with E-state index in [1.54, 1.807) is 13.2 Å². The van der Waals surface area contributed by atoms with Crippen molar-refractivity contribution in [1.29, 1.82) is 0 Å². The first-order chi connectivity index (χ1) is 11.2. The van der Waals surface area contributed by atoms with E-state index in [2.05, 4.69) is 10.3 Å². The average molecular weight is 309 g/mol. The molecule has 0 atom stereocenters. The molecule has 0 amide bonds. The molecule has 0 saturated heterocycles. The van der Waals surface area contributed by atoms with Crippen molar-refractivity contribution in [3.63, 3.8) is 0 Å². The Morgan fingerprint density at radius 2 is 1.91 bits per heavy atom. The molecule has 1 aromatic heterocycles. The summed E-state index contributed by atoms with van der Waals surface area (Å²) >= 11 is 0. The second-order valence-electron chi connectivity index (χ2n) is 5.03. The number of nitro benzene ring substituents is 1. The number of rotatable bonds is 5. The van der Waals surface area contributed by atoms with E-state index in [4.69, 9.17) is 4.74 Å². The number of methoxy groups -OCH3 is 1. The second-order valence-corrected chi connectivity index (χ2v) is 5.03. The Kier molecular flexibility index (Phi) is 4.05. The number of benzene rings is 2. The highest BCUT2D eigenvalue weighted by atomic mass is 16.6. The highest BCUT2D eigenvalue weighted by Gasteiger charge is 2.07. The molecule has 0 aliphatic heterocycles. The van der Waals surface area contributed by atoms with E-state index < -0.39 is 4.92 Å². The van der Waals surface area contributed by atoms with Crippen LogP contribution in [0, 0.1) is 10.1 Å². The number of fused-ring (bicyclic) bond motifs is 1. The number of ether oxygens (including phenoxy) is 1. The third kappa shape index (κ3) is 3.37. The molecule has 0 bridgehead atoms. The molecule has 1 heterocycles. The van der Waals surface area contributed by atoms with Gasteiger partial charge in [0.25, 0.3) is 5.69 Å². The van der Waals surface area contributed by atoms with Crippen LogP contribution < -0.4 is 10.1 Å². The Hall–Kier alpha value is -3.15. The van der Waals surface area contributed by atoms with Gasteiger partial charge in [-0.05, 0) is 35.9 Å². The first-order valence-electron chi connectivity index (χ1n) is 7.08. The number of hydrogen-bond donors (Lipinski definition) is 1. The Bertz CT molecular complexity index is 847. The maximum Gasteiger partial charge on any atom is 0.270 e. The van der Waals surface area contributed by atoms with Crippen molar-refractivity contribution in [3.05, 3.63) is 70.3 Å². The summed E-state index contributed by atoms with van der Waals surface area (Å²) < 4.78 is 5.13. The monoisotopic (exact) mass is 309 g/mol. The molecule has 0 radical (unpaired) electrons. The summed E-state index contributed by atoms with van der Waals surface area (Å²) in [5, 5.41) is 14.8. The number of pyridine rings is 1. The lowest BCUT2D eigenvalue weighted by atomic mass is 10.2. The van der Waals surface area contributed by atoms with Crippen molar-refractivity contribution in [2.24, 2.45) is 0 Å². The van der Waals surface area contributed by atoms with E-state index in [-0.39, 0.29) is 5.69 Å². The summed E-state index contributed by atoms with van der Waals surface area (Å²) in [6, 6.07) is 16.1. The lowest BCUT2D eigenvalue weighted by Gasteiger charge is -2.07. The molecule has 6 nitrogen and oxygen atoms in total. The number of anilines is 1. The van der Waals surface area contributed by atoms with Crippen LogP contribution in [0.4, 0.5) is 11.5 Å². The summed E-state index contributed by atoms with van der Waals surface area (Å²) in [6.45, 7) is 0.634. The molecular formula is C17H15N3O3. The van der Waals surface area contributed by atoms with E-state index in [1.165, 1.54) is 12.1 Å². The van der Waals surface area contributed by atoms with Crippen LogP contribution in [0.25, 0.3) is 10.9 Å². The largest absolute Gasteiger partial charge is 0.497 e. The van der Waals surface area contributed by atoms with Gasteiger partial charge >= 0.3 is 0 Å². The first kappa shape index (κ1) is 14.8. The summed E-state index contributed by atoms with van der Waals surface area (Å²) in [4.78, 5) is 14.8. The fourth-order valence-corrected chi connectivity index (χ4v) is 2.26. The molecule has 0 spiro atoms. The molecule has 3 rings (SSSR count). The Labute approximate surface area is 132 Å². The van der Waals surface area contributed by atoms with Crippen molar-refractivity contribution in [2.45, 2.75) is 6.54 Å². The van der Waals surface area contributed by atoms with Crippen molar-refractivity contribution in [1.82, 2.24) is 4.98 Å². The highest BCUT2D eigenvalue weighted by molar-refractivity contribution is 5.82. The number of nitro groups is 1. The molecule has 23 heavy (non-hydrogen) atoms. The molecular weight excluding hydrogens is 294 g/mol. The number of nitrogens with one attached hydrogen (secondary N) is 1. The lowest BCUT2D eigenvalue weighted by Crippen LogP contribution is -2.01. The van der Waals surface area contributed by atoms with Crippen molar-refractivity contribution < 1.29 is 9.66 Å². The molecule has 116 valence electrons. The van der Waals surface area contributed by atoms with Gasteiger partial charge in [-0.2, -0.15) is 0 Å². The van der Waals surface area contributed by atoms with E-state index in [0.29, 0.717) is 6.54 Å². The standard InChI is InChI=1S/C17H15N3O3/c1-23-15-6-2-12(3-7-15)11-18-17-9-4-13-10-14(20(21)22)5-8-16(13)19-17/h2-10H,11H2,1H3,(H,18,19). The van der Waals surface area contributed by atoms with Crippen molar-refractivity contribution in [3.8, 4) is 5.75 Å². The van der Waals surface area contributed by atoms with Crippen LogP contribution in [0.2, 0.25) is 0 Å². The third-order valence-electron chi connectivity index (χ3n) is 3.52. The van der Waals surface area contributed by atoms with E-state index in [1.807, 2.05) is 36.4 Å². The van der Waals surface area contributed by atoms with E-state index in [9.17, 15) is 10.1 Å². The van der Waals surface area contributed by atoms with Crippen LogP contribution >= 0.6 is 0 Å². The maximum absolute atomic E-state index is 10.8. The first-order valence-corrected chi connectivity index (χ1v) is 7.08. The highest BCUT2D eigenvalue weighted by Crippen LogP contribution is 2.21. The van der Waals surface area contributed by atoms with Gasteiger partial charge in [0.05, 0.1) is 17.5 Å². The molecule has 2 aromatic carbocycles. The zero-order valence-corrected chi connectivity index (χ0v) is 12.5. The van der Waals surface area contributed by atoms with Crippen LogP contribution in [-0.2, 0) is 6.54 Å². The summed E-state index contributed by atoms with van der Waals surface area (Å²) in [6.07, 6.45) is 0. The SMILES string of the molecule is COc1ccc(CNc2ccc3cc([N+](=O)[O-])ccc3n2)cc1. The normalized spacial score (nSPS) is 10.5. The van der Waals surface area contributed by atoms with E-state index in [0.717, 1.165) is 28.0 Å². The maximum atomic E-state index is 10.8. The fourth-order valence-electron chi connectivity index (χ4n) is 2.26. The predicted octanol–water partition coefficient (Wildman–Crippen LogP) is 3.76. The zero-order valence-electron chi connectivity index (χ0n) is 12.5. The topological polar surface area (TPSA) is 77.3 Å². The molecule has 0 fully saturated rings. The van der Waals surface area contributed by atoms with E-state index >= 15 is 0 Å². The van der Waals surface area contributed by atoms with Crippen LogP contribution in [0.1, 0.15) is 5.56 Å². The number of non-ortho nitro benzene ring substituents is 1. The van der Waals surface area contributed by atoms with Gasteiger partial charge in [0.2, 0.25) is 0 Å². The number of nitrogens with zero attached hydrogens (tertiary/aromatic N) is 2. The minimum absolute atomic E-state index is 0.0678. The molecule has 0 aliphatic rings. The second kappa shape index (κ2) is 6.31. The summed E-state index contributed by atoms with van der Waals surface area (Å²) in [7, 11) is 1.64. The minimum atomic E-state index is -0.407. The molecule has 0 saturated carbocycles. The van der Waals surface area contributed by atoms with Crippen LogP contribution in [0.5, 0.6) is 5.75 Å². The smallest absolute Gasteiger partial charge is 0.270 e. The number of aromatic nitrogens is 1. The predicted molar refractivity (Wildman–Crippen MR) is 88.7 cm³/mol. The Morgan fingerprint density at radius 1 is 1.13 bits per heavy atom. The number of hydrogen-bond acceptors (Lipinski definition) is 5. The summed E-state index contributed by atoms with van der Waals surface area (Å²) in [5.74, 6) is 1.54. The lowest BCUT2D eigenvalue weighted by molar-refractivity contribution is -0.384. The quantitative estimate of drug-likeness (QED) is 0.573. The van der Waals surface area contributed by atoms with Gasteiger partial charge in [0, 0.05) is 24.1 Å². The molecule has 0 aliphatic carbocycles. The minimum Gasteiger partial charge on any atom is -0.497 e. The van der Waals surface area contributed by atoms with Gasteiger partial charge in [-0.3, -0.25) is 10.1 Å². The Balaban J connectivity index is 1.75. The van der Waals surface area contributed by atoms with Gasteiger partial charge < -0.3 is 10.1 Å². The van der Waals surface area contributed by atoms with Crippen LogP contribution in [-0.4, -0.2) is 17.0 Å². The molecule has 6 heteroatoms. The molecule has 0 unspecified atom stereocenters. The zero-order chi connectivity index (χ0) is 16.2. The fraction of sp³-hybridized carbons (Fsp3) is 0.118. The van der Waals surface area contributed by atoms with Gasteiger partial charge in [-0.15, -0.1) is 0 Å². The molecule has 3 aromatic rings. The Morgan fingerprint density at radius 3 is 2.61 bits per heavy atom. The van der Waals surface area contributed by atoms with Crippen LogP contribution in [0.15, 0.2) is 54.6 Å². The van der Waals surface area contributed by atoms with Gasteiger partial charge in [0.1, 0.15) is 11.6 Å². The third-order valence-corrected chi connectivity index (χ3v) is 3.52. The van der Waals surface area contributed by atoms with Gasteiger partial charge in [-0.25, -0.2) is 4.98 Å². The van der Waals surface area contributed by atoms with Crippen molar-refractivity contribution >= 4 is 22.4 Å². The van der Waals surface area contributed by atoms with Crippen LogP contribution in [0.3, 0.4) is 0 Å². The van der Waals surface area contributed by atoms with Gasteiger partial charge in [-0.1, -0.05) is 12.1 Å². The summed E-state index contributed by atoms with van der Waals surface area (Å²) in [5.41, 5.74) is 1.89. The van der Waals surface area contributed by atoms with Gasteiger partial charge in [0.15, 0.2) is 0 Å².